The van der Waals surface area contributed by atoms with E-state index in [-0.39, 0.29) is 0 Å². The van der Waals surface area contributed by atoms with Crippen molar-refractivity contribution in [2.24, 2.45) is 11.8 Å². The molecule has 0 spiro atoms. The largest absolute Gasteiger partial charge is 0.0884 e. The van der Waals surface area contributed by atoms with Crippen LogP contribution in [0.4, 0.5) is 0 Å². The highest BCUT2D eigenvalue weighted by Crippen LogP contribution is 2.15. The van der Waals surface area contributed by atoms with Gasteiger partial charge in [-0.25, -0.2) is 0 Å². The van der Waals surface area contributed by atoms with Crippen molar-refractivity contribution in [2.45, 2.75) is 52.8 Å². The summed E-state index contributed by atoms with van der Waals surface area (Å²) in [4.78, 5) is 0. The van der Waals surface area contributed by atoms with Crippen molar-refractivity contribution in [3.63, 3.8) is 0 Å². The molecule has 0 saturated carbocycles. The average molecular weight is 152 g/mol. The van der Waals surface area contributed by atoms with Gasteiger partial charge in [-0.2, -0.15) is 0 Å². The van der Waals surface area contributed by atoms with Crippen LogP contribution in [0.5, 0.6) is 0 Å². The van der Waals surface area contributed by atoms with E-state index in [1.165, 1.54) is 25.7 Å². The molecule has 0 N–H and O–H groups in total. The maximum Gasteiger partial charge on any atom is 0.0653 e. The summed E-state index contributed by atoms with van der Waals surface area (Å²) >= 11 is 0. The molecule has 0 aromatic rings. The molecule has 0 saturated heterocycles. The first-order valence-corrected chi connectivity index (χ1v) is 4.87. The molecule has 0 fully saturated rings. The molecule has 0 aliphatic heterocycles. The van der Waals surface area contributed by atoms with E-state index >= 15 is 0 Å². The van der Waals surface area contributed by atoms with Crippen molar-refractivity contribution < 1.29 is 0 Å². The van der Waals surface area contributed by atoms with Crippen LogP contribution in [0.3, 0.4) is 0 Å². The summed E-state index contributed by atoms with van der Waals surface area (Å²) < 4.78 is 0. The minimum atomic E-state index is 0.832. The average Bonchev–Trinajstić information content (AvgIpc) is 1.87. The van der Waals surface area contributed by atoms with Gasteiger partial charge in [-0.15, -0.1) is 0 Å². The predicted molar refractivity (Wildman–Crippen MR) is 53.0 cm³/mol. The zero-order valence-corrected chi connectivity index (χ0v) is 8.27. The van der Waals surface area contributed by atoms with Crippen LogP contribution < -0.4 is 0 Å². The van der Waals surface area contributed by atoms with Crippen molar-refractivity contribution >= 4 is 7.85 Å². The normalized spacial score (nSPS) is 13.8. The summed E-state index contributed by atoms with van der Waals surface area (Å²) in [7, 11) is 5.46. The fourth-order valence-corrected chi connectivity index (χ4v) is 1.30. The molecule has 0 aromatic carbocycles. The zero-order valence-electron chi connectivity index (χ0n) is 8.27. The minimum Gasteiger partial charge on any atom is -0.0884 e. The topological polar surface area (TPSA) is 0 Å². The Kier molecular flexibility index (Phi) is 6.80. The molecule has 0 bridgehead atoms. The standard InChI is InChI=1S/C10H21B/c1-9(2)5-4-6-10(3)7-8-11/h9-10H,4-8H2,1-3H3. The maximum atomic E-state index is 5.46. The third kappa shape index (κ3) is 7.97. The van der Waals surface area contributed by atoms with Crippen LogP contribution in [0.1, 0.15) is 46.5 Å². The number of hydrogen-bond donors (Lipinski definition) is 0. The van der Waals surface area contributed by atoms with Gasteiger partial charge in [0.1, 0.15) is 0 Å². The molecule has 2 radical (unpaired) electrons. The molecule has 1 atom stereocenters. The monoisotopic (exact) mass is 152 g/mol. The first-order chi connectivity index (χ1) is 5.16. The lowest BCUT2D eigenvalue weighted by Gasteiger charge is -2.10. The van der Waals surface area contributed by atoms with Crippen LogP contribution in [0.15, 0.2) is 0 Å². The van der Waals surface area contributed by atoms with Crippen LogP contribution >= 0.6 is 0 Å². The summed E-state index contributed by atoms with van der Waals surface area (Å²) in [6, 6.07) is 0. The maximum absolute atomic E-state index is 5.46. The Morgan fingerprint density at radius 2 is 1.64 bits per heavy atom. The summed E-state index contributed by atoms with van der Waals surface area (Å²) in [5.74, 6) is 1.69. The number of rotatable bonds is 6. The summed E-state index contributed by atoms with van der Waals surface area (Å²) in [6.45, 7) is 6.87. The quantitative estimate of drug-likeness (QED) is 0.511. The fraction of sp³-hybridized carbons (Fsp3) is 1.00. The molecular weight excluding hydrogens is 131 g/mol. The number of hydrogen-bond acceptors (Lipinski definition) is 0. The van der Waals surface area contributed by atoms with Gasteiger partial charge < -0.3 is 0 Å². The van der Waals surface area contributed by atoms with Gasteiger partial charge in [0.15, 0.2) is 0 Å². The fourth-order valence-electron chi connectivity index (χ4n) is 1.30. The van der Waals surface area contributed by atoms with Crippen molar-refractivity contribution in [2.75, 3.05) is 0 Å². The predicted octanol–water partition coefficient (Wildman–Crippen LogP) is 3.43. The van der Waals surface area contributed by atoms with Crippen LogP contribution in [0.2, 0.25) is 6.32 Å². The summed E-state index contributed by atoms with van der Waals surface area (Å²) in [6.07, 6.45) is 6.14. The first-order valence-electron chi connectivity index (χ1n) is 4.87. The molecule has 0 rings (SSSR count). The van der Waals surface area contributed by atoms with Gasteiger partial charge in [0.2, 0.25) is 0 Å². The molecule has 11 heavy (non-hydrogen) atoms. The molecule has 0 heterocycles. The Morgan fingerprint density at radius 1 is 1.00 bits per heavy atom. The lowest BCUT2D eigenvalue weighted by Crippen LogP contribution is -1.96. The second-order valence-electron chi connectivity index (χ2n) is 4.01. The van der Waals surface area contributed by atoms with Gasteiger partial charge in [0.05, 0.1) is 7.85 Å². The Balaban J connectivity index is 3.10. The highest BCUT2D eigenvalue weighted by molar-refractivity contribution is 6.08. The summed E-state index contributed by atoms with van der Waals surface area (Å²) in [5.41, 5.74) is 0. The van der Waals surface area contributed by atoms with Crippen LogP contribution in [0, 0.1) is 11.8 Å². The Labute approximate surface area is 73.2 Å². The van der Waals surface area contributed by atoms with Crippen molar-refractivity contribution in [1.29, 1.82) is 0 Å². The zero-order chi connectivity index (χ0) is 8.69. The van der Waals surface area contributed by atoms with E-state index in [9.17, 15) is 0 Å². The van der Waals surface area contributed by atoms with E-state index < -0.39 is 0 Å². The van der Waals surface area contributed by atoms with Gasteiger partial charge in [0, 0.05) is 0 Å². The Morgan fingerprint density at radius 3 is 2.09 bits per heavy atom. The molecule has 0 nitrogen and oxygen atoms in total. The highest BCUT2D eigenvalue weighted by Gasteiger charge is 2.00. The van der Waals surface area contributed by atoms with Crippen LogP contribution in [-0.4, -0.2) is 7.85 Å². The SMILES string of the molecule is [B]CCC(C)CCCC(C)C. The van der Waals surface area contributed by atoms with Crippen LogP contribution in [0.25, 0.3) is 0 Å². The lowest BCUT2D eigenvalue weighted by atomic mass is 9.90. The first kappa shape index (κ1) is 11.1. The third-order valence-corrected chi connectivity index (χ3v) is 2.14. The van der Waals surface area contributed by atoms with E-state index in [2.05, 4.69) is 20.8 Å². The van der Waals surface area contributed by atoms with Gasteiger partial charge in [-0.1, -0.05) is 52.8 Å². The Hall–Kier alpha value is 0.0649. The van der Waals surface area contributed by atoms with E-state index in [4.69, 9.17) is 7.85 Å². The molecule has 1 unspecified atom stereocenters. The summed E-state index contributed by atoms with van der Waals surface area (Å²) in [5, 5.41) is 0. The van der Waals surface area contributed by atoms with E-state index in [1.807, 2.05) is 0 Å². The smallest absolute Gasteiger partial charge is 0.0653 e. The van der Waals surface area contributed by atoms with Crippen molar-refractivity contribution in [3.05, 3.63) is 0 Å². The molecule has 0 amide bonds. The molecule has 0 aromatic heterocycles. The van der Waals surface area contributed by atoms with E-state index in [1.54, 1.807) is 0 Å². The second kappa shape index (κ2) is 6.76. The molecule has 64 valence electrons. The highest BCUT2D eigenvalue weighted by atomic mass is 14.1. The van der Waals surface area contributed by atoms with Gasteiger partial charge in [0.25, 0.3) is 0 Å². The van der Waals surface area contributed by atoms with E-state index in [0.29, 0.717) is 0 Å². The molecular formula is C10H21B. The molecule has 0 aliphatic carbocycles. The van der Waals surface area contributed by atoms with Crippen molar-refractivity contribution in [1.82, 2.24) is 0 Å². The van der Waals surface area contributed by atoms with Crippen LogP contribution in [-0.2, 0) is 0 Å². The van der Waals surface area contributed by atoms with Gasteiger partial charge in [-0.3, -0.25) is 0 Å². The van der Waals surface area contributed by atoms with Gasteiger partial charge >= 0.3 is 0 Å². The lowest BCUT2D eigenvalue weighted by molar-refractivity contribution is 0.449. The Bertz CT molecular complexity index is 78.9. The molecule has 0 aliphatic rings. The third-order valence-electron chi connectivity index (χ3n) is 2.14. The van der Waals surface area contributed by atoms with Crippen molar-refractivity contribution in [3.8, 4) is 0 Å². The second-order valence-corrected chi connectivity index (χ2v) is 4.01. The van der Waals surface area contributed by atoms with Gasteiger partial charge in [-0.05, 0) is 11.8 Å². The van der Waals surface area contributed by atoms with E-state index in [0.717, 1.165) is 18.2 Å². The minimum absolute atomic E-state index is 0.832. The molecule has 1 heteroatoms.